The fraction of sp³-hybridized carbons (Fsp3) is 0.231. The third-order valence-electron chi connectivity index (χ3n) is 5.81. The van der Waals surface area contributed by atoms with Crippen LogP contribution in [0, 0.1) is 0 Å². The van der Waals surface area contributed by atoms with Gasteiger partial charge in [0.05, 0.1) is 16.1 Å². The molecule has 1 saturated heterocycles. The Morgan fingerprint density at radius 3 is 2.24 bits per heavy atom. The molecule has 0 aromatic heterocycles. The molecule has 1 amide bonds. The number of hydrogen-bond donors (Lipinski definition) is 0. The summed E-state index contributed by atoms with van der Waals surface area (Å²) in [4.78, 5) is 26.9. The largest absolute Gasteiger partial charge is 0.457 e. The van der Waals surface area contributed by atoms with Gasteiger partial charge >= 0.3 is 5.97 Å². The van der Waals surface area contributed by atoms with E-state index in [1.54, 1.807) is 54.6 Å². The van der Waals surface area contributed by atoms with Crippen molar-refractivity contribution in [2.45, 2.75) is 24.3 Å². The molecule has 3 aromatic rings. The van der Waals surface area contributed by atoms with Crippen LogP contribution >= 0.6 is 0 Å². The summed E-state index contributed by atoms with van der Waals surface area (Å²) in [5.41, 5.74) is 2.00. The van der Waals surface area contributed by atoms with Crippen LogP contribution < -0.4 is 4.31 Å². The number of anilines is 1. The average Bonchev–Trinajstić information content (AvgIpc) is 3.42. The molecule has 8 heteroatoms. The number of esters is 1. The SMILES string of the molecule is CN(c1ccccc1)S(=O)(=O)c1cccc(C(=O)OCc2ccc(C(=O)N3CCCC3)cc2)c1. The number of amides is 1. The molecule has 1 heterocycles. The molecule has 1 aliphatic rings. The summed E-state index contributed by atoms with van der Waals surface area (Å²) < 4.78 is 32.6. The van der Waals surface area contributed by atoms with Crippen LogP contribution in [0.3, 0.4) is 0 Å². The fourth-order valence-electron chi connectivity index (χ4n) is 3.80. The highest BCUT2D eigenvalue weighted by Crippen LogP contribution is 2.23. The smallest absolute Gasteiger partial charge is 0.338 e. The molecule has 0 atom stereocenters. The number of nitrogens with zero attached hydrogens (tertiary/aromatic N) is 2. The quantitative estimate of drug-likeness (QED) is 0.478. The number of sulfonamides is 1. The molecule has 1 fully saturated rings. The lowest BCUT2D eigenvalue weighted by molar-refractivity contribution is 0.0472. The monoisotopic (exact) mass is 478 g/mol. The van der Waals surface area contributed by atoms with E-state index < -0.39 is 16.0 Å². The molecule has 4 rings (SSSR count). The molecule has 0 bridgehead atoms. The van der Waals surface area contributed by atoms with Crippen molar-refractivity contribution in [2.75, 3.05) is 24.4 Å². The Balaban J connectivity index is 1.41. The molecular weight excluding hydrogens is 452 g/mol. The zero-order chi connectivity index (χ0) is 24.1. The van der Waals surface area contributed by atoms with Gasteiger partial charge in [0.25, 0.3) is 15.9 Å². The molecule has 0 aliphatic carbocycles. The molecule has 0 N–H and O–H groups in total. The van der Waals surface area contributed by atoms with Crippen LogP contribution in [0.2, 0.25) is 0 Å². The van der Waals surface area contributed by atoms with Crippen LogP contribution in [-0.4, -0.2) is 45.3 Å². The first-order valence-corrected chi connectivity index (χ1v) is 12.5. The Morgan fingerprint density at radius 2 is 1.56 bits per heavy atom. The maximum atomic E-state index is 13.0. The Labute approximate surface area is 199 Å². The van der Waals surface area contributed by atoms with Gasteiger partial charge in [-0.1, -0.05) is 36.4 Å². The highest BCUT2D eigenvalue weighted by atomic mass is 32.2. The van der Waals surface area contributed by atoms with E-state index in [-0.39, 0.29) is 23.0 Å². The summed E-state index contributed by atoms with van der Waals surface area (Å²) in [6.45, 7) is 1.58. The minimum atomic E-state index is -3.85. The maximum absolute atomic E-state index is 13.0. The number of para-hydroxylation sites is 1. The minimum Gasteiger partial charge on any atom is -0.457 e. The number of carbonyl (C=O) groups is 2. The summed E-state index contributed by atoms with van der Waals surface area (Å²) in [6, 6.07) is 21.5. The first-order valence-electron chi connectivity index (χ1n) is 11.1. The van der Waals surface area contributed by atoms with E-state index in [2.05, 4.69) is 0 Å². The first-order chi connectivity index (χ1) is 16.4. The van der Waals surface area contributed by atoms with Crippen LogP contribution in [0.15, 0.2) is 83.8 Å². The van der Waals surface area contributed by atoms with Gasteiger partial charge in [0.15, 0.2) is 0 Å². The number of likely N-dealkylation sites (tertiary alicyclic amines) is 1. The van der Waals surface area contributed by atoms with E-state index in [1.807, 2.05) is 4.90 Å². The van der Waals surface area contributed by atoms with Gasteiger partial charge < -0.3 is 9.64 Å². The van der Waals surface area contributed by atoms with Crippen molar-refractivity contribution < 1.29 is 22.7 Å². The molecule has 0 unspecified atom stereocenters. The second-order valence-electron chi connectivity index (χ2n) is 8.11. The third-order valence-corrected chi connectivity index (χ3v) is 7.59. The standard InChI is InChI=1S/C26H26N2O5S/c1-27(23-9-3-2-4-10-23)34(31,32)24-11-7-8-22(18-24)26(30)33-19-20-12-14-21(15-13-20)25(29)28-16-5-6-17-28/h2-4,7-15,18H,5-6,16-17,19H2,1H3. The van der Waals surface area contributed by atoms with E-state index in [1.165, 1.54) is 35.6 Å². The van der Waals surface area contributed by atoms with Gasteiger partial charge in [0.1, 0.15) is 6.61 Å². The summed E-state index contributed by atoms with van der Waals surface area (Å²) in [5, 5.41) is 0. The van der Waals surface area contributed by atoms with E-state index >= 15 is 0 Å². The Morgan fingerprint density at radius 1 is 0.882 bits per heavy atom. The van der Waals surface area contributed by atoms with Crippen molar-refractivity contribution >= 4 is 27.6 Å². The molecule has 176 valence electrons. The van der Waals surface area contributed by atoms with Gasteiger partial charge in [-0.15, -0.1) is 0 Å². The maximum Gasteiger partial charge on any atom is 0.338 e. The van der Waals surface area contributed by atoms with Gasteiger partial charge in [0.2, 0.25) is 0 Å². The highest BCUT2D eigenvalue weighted by Gasteiger charge is 2.23. The van der Waals surface area contributed by atoms with Crippen molar-refractivity contribution in [3.8, 4) is 0 Å². The van der Waals surface area contributed by atoms with Crippen molar-refractivity contribution in [1.29, 1.82) is 0 Å². The highest BCUT2D eigenvalue weighted by molar-refractivity contribution is 7.92. The molecule has 34 heavy (non-hydrogen) atoms. The predicted molar refractivity (Wildman–Crippen MR) is 129 cm³/mol. The van der Waals surface area contributed by atoms with Crippen LogP contribution in [-0.2, 0) is 21.4 Å². The van der Waals surface area contributed by atoms with E-state index in [9.17, 15) is 18.0 Å². The minimum absolute atomic E-state index is 0.00178. The second-order valence-corrected chi connectivity index (χ2v) is 10.1. The van der Waals surface area contributed by atoms with E-state index in [0.29, 0.717) is 11.3 Å². The molecule has 0 radical (unpaired) electrons. The number of benzene rings is 3. The average molecular weight is 479 g/mol. The van der Waals surface area contributed by atoms with Crippen LogP contribution in [0.5, 0.6) is 0 Å². The normalized spacial score (nSPS) is 13.5. The molecule has 3 aromatic carbocycles. The lowest BCUT2D eigenvalue weighted by Gasteiger charge is -2.19. The molecular formula is C26H26N2O5S. The summed E-state index contributed by atoms with van der Waals surface area (Å²) in [6.07, 6.45) is 2.07. The third kappa shape index (κ3) is 5.12. The Hall–Kier alpha value is -3.65. The van der Waals surface area contributed by atoms with Gasteiger partial charge in [-0.05, 0) is 60.9 Å². The number of hydrogen-bond acceptors (Lipinski definition) is 5. The lowest BCUT2D eigenvalue weighted by Crippen LogP contribution is -2.27. The zero-order valence-corrected chi connectivity index (χ0v) is 19.7. The van der Waals surface area contributed by atoms with Gasteiger partial charge in [-0.25, -0.2) is 13.2 Å². The van der Waals surface area contributed by atoms with Crippen LogP contribution in [0.25, 0.3) is 0 Å². The van der Waals surface area contributed by atoms with Gasteiger partial charge in [-0.2, -0.15) is 0 Å². The van der Waals surface area contributed by atoms with Crippen molar-refractivity contribution in [2.24, 2.45) is 0 Å². The van der Waals surface area contributed by atoms with E-state index in [4.69, 9.17) is 4.74 Å². The van der Waals surface area contributed by atoms with Gasteiger partial charge in [0, 0.05) is 25.7 Å². The Bertz CT molecular complexity index is 1270. The van der Waals surface area contributed by atoms with E-state index in [0.717, 1.165) is 31.5 Å². The second kappa shape index (κ2) is 10.1. The van der Waals surface area contributed by atoms with Crippen molar-refractivity contribution in [3.63, 3.8) is 0 Å². The molecule has 1 aliphatic heterocycles. The number of carbonyl (C=O) groups excluding carboxylic acids is 2. The topological polar surface area (TPSA) is 84.0 Å². The number of rotatable bonds is 7. The summed E-state index contributed by atoms with van der Waals surface area (Å²) in [5.74, 6) is -0.615. The Kier molecular flexibility index (Phi) is 6.98. The summed E-state index contributed by atoms with van der Waals surface area (Å²) in [7, 11) is -2.38. The molecule has 7 nitrogen and oxygen atoms in total. The molecule has 0 saturated carbocycles. The van der Waals surface area contributed by atoms with Crippen molar-refractivity contribution in [1.82, 2.24) is 4.90 Å². The van der Waals surface area contributed by atoms with Gasteiger partial charge in [-0.3, -0.25) is 9.10 Å². The van der Waals surface area contributed by atoms with Crippen LogP contribution in [0.4, 0.5) is 5.69 Å². The predicted octanol–water partition coefficient (Wildman–Crippen LogP) is 4.10. The van der Waals surface area contributed by atoms with Crippen molar-refractivity contribution in [3.05, 3.63) is 95.6 Å². The van der Waals surface area contributed by atoms with Crippen LogP contribution in [0.1, 0.15) is 39.1 Å². The number of ether oxygens (including phenoxy) is 1. The molecule has 0 spiro atoms. The summed E-state index contributed by atoms with van der Waals surface area (Å²) >= 11 is 0. The lowest BCUT2D eigenvalue weighted by atomic mass is 10.1. The first kappa shape index (κ1) is 23.5. The fourth-order valence-corrected chi connectivity index (χ4v) is 5.04. The zero-order valence-electron chi connectivity index (χ0n) is 18.9.